The number of hydrogen-bond acceptors (Lipinski definition) is 3. The summed E-state index contributed by atoms with van der Waals surface area (Å²) in [5, 5.41) is 3.08. The lowest BCUT2D eigenvalue weighted by atomic mass is 10.0. The fourth-order valence-corrected chi connectivity index (χ4v) is 3.63. The van der Waals surface area contributed by atoms with Gasteiger partial charge in [-0.15, -0.1) is 0 Å². The third kappa shape index (κ3) is 5.22. The van der Waals surface area contributed by atoms with E-state index in [1.54, 1.807) is 7.11 Å². The van der Waals surface area contributed by atoms with Gasteiger partial charge in [0, 0.05) is 33.8 Å². The van der Waals surface area contributed by atoms with E-state index in [2.05, 4.69) is 27.9 Å². The first-order valence-corrected chi connectivity index (χ1v) is 10.1. The van der Waals surface area contributed by atoms with E-state index < -0.39 is 0 Å². The van der Waals surface area contributed by atoms with Crippen LogP contribution in [0.25, 0.3) is 0 Å². The standard InChI is InChI=1S/C21H23IN2O3/c1-27-19-5-3-2-4-16(19)14-20(25)24-12-10-18(11-13-24)23-21(26)15-6-8-17(22)9-7-15/h2-9,18H,10-14H2,1H3,(H,23,26). The van der Waals surface area contributed by atoms with Crippen LogP contribution in [0, 0.1) is 3.57 Å². The SMILES string of the molecule is COc1ccccc1CC(=O)N1CCC(NC(=O)c2ccc(I)cc2)CC1. The molecule has 1 aliphatic heterocycles. The lowest BCUT2D eigenvalue weighted by Gasteiger charge is -2.32. The van der Waals surface area contributed by atoms with Crippen molar-refractivity contribution in [1.29, 1.82) is 0 Å². The van der Waals surface area contributed by atoms with E-state index >= 15 is 0 Å². The molecule has 0 aliphatic carbocycles. The van der Waals surface area contributed by atoms with Crippen molar-refractivity contribution in [3.63, 3.8) is 0 Å². The van der Waals surface area contributed by atoms with E-state index in [-0.39, 0.29) is 17.9 Å². The molecule has 0 saturated carbocycles. The minimum Gasteiger partial charge on any atom is -0.496 e. The first-order valence-electron chi connectivity index (χ1n) is 9.03. The summed E-state index contributed by atoms with van der Waals surface area (Å²) in [5.41, 5.74) is 1.57. The molecule has 0 atom stereocenters. The highest BCUT2D eigenvalue weighted by Gasteiger charge is 2.24. The molecular weight excluding hydrogens is 455 g/mol. The van der Waals surface area contributed by atoms with Crippen LogP contribution >= 0.6 is 22.6 Å². The molecular formula is C21H23IN2O3. The molecule has 1 N–H and O–H groups in total. The quantitative estimate of drug-likeness (QED) is 0.672. The van der Waals surface area contributed by atoms with Crippen molar-refractivity contribution in [1.82, 2.24) is 10.2 Å². The predicted octanol–water partition coefficient (Wildman–Crippen LogP) is 3.26. The van der Waals surface area contributed by atoms with Crippen LogP contribution in [0.15, 0.2) is 48.5 Å². The van der Waals surface area contributed by atoms with Crippen molar-refractivity contribution >= 4 is 34.4 Å². The summed E-state index contributed by atoms with van der Waals surface area (Å²) in [7, 11) is 1.62. The molecule has 5 nitrogen and oxygen atoms in total. The number of nitrogens with one attached hydrogen (secondary N) is 1. The first-order chi connectivity index (χ1) is 13.1. The highest BCUT2D eigenvalue weighted by molar-refractivity contribution is 14.1. The molecule has 0 bridgehead atoms. The second-order valence-electron chi connectivity index (χ2n) is 6.62. The molecule has 3 rings (SSSR count). The second-order valence-corrected chi connectivity index (χ2v) is 7.87. The number of methoxy groups -OCH3 is 1. The molecule has 1 saturated heterocycles. The normalized spacial score (nSPS) is 14.7. The van der Waals surface area contributed by atoms with Crippen molar-refractivity contribution in [2.24, 2.45) is 0 Å². The number of carbonyl (C=O) groups excluding carboxylic acids is 2. The summed E-state index contributed by atoms with van der Waals surface area (Å²) in [5.74, 6) is 0.789. The summed E-state index contributed by atoms with van der Waals surface area (Å²) in [6.07, 6.45) is 1.88. The molecule has 1 aliphatic rings. The molecule has 2 amide bonds. The molecule has 0 unspecified atom stereocenters. The van der Waals surface area contributed by atoms with Gasteiger partial charge in [0.1, 0.15) is 5.75 Å². The summed E-state index contributed by atoms with van der Waals surface area (Å²) < 4.78 is 6.43. The minimum atomic E-state index is -0.0507. The Hall–Kier alpha value is -2.09. The zero-order valence-electron chi connectivity index (χ0n) is 15.3. The highest BCUT2D eigenvalue weighted by atomic mass is 127. The Kier molecular flexibility index (Phi) is 6.71. The Morgan fingerprint density at radius 1 is 1.11 bits per heavy atom. The average molecular weight is 478 g/mol. The van der Waals surface area contributed by atoms with Crippen LogP contribution in [-0.2, 0) is 11.2 Å². The van der Waals surface area contributed by atoms with E-state index in [0.717, 1.165) is 27.7 Å². The van der Waals surface area contributed by atoms with Crippen molar-refractivity contribution in [3.8, 4) is 5.75 Å². The minimum absolute atomic E-state index is 0.0507. The van der Waals surface area contributed by atoms with Gasteiger partial charge >= 0.3 is 0 Å². The van der Waals surface area contributed by atoms with Gasteiger partial charge in [0.05, 0.1) is 13.5 Å². The van der Waals surface area contributed by atoms with Gasteiger partial charge in [0.25, 0.3) is 5.91 Å². The Balaban J connectivity index is 1.50. The van der Waals surface area contributed by atoms with Crippen LogP contribution in [0.5, 0.6) is 5.75 Å². The zero-order chi connectivity index (χ0) is 19.2. The molecule has 142 valence electrons. The van der Waals surface area contributed by atoms with Crippen LogP contribution in [0.3, 0.4) is 0 Å². The first kappa shape index (κ1) is 19.7. The smallest absolute Gasteiger partial charge is 0.251 e. The summed E-state index contributed by atoms with van der Waals surface area (Å²) in [6.45, 7) is 1.32. The summed E-state index contributed by atoms with van der Waals surface area (Å²) in [6, 6.07) is 15.2. The maximum Gasteiger partial charge on any atom is 0.251 e. The lowest BCUT2D eigenvalue weighted by Crippen LogP contribution is -2.47. The van der Waals surface area contributed by atoms with Gasteiger partial charge in [-0.1, -0.05) is 18.2 Å². The van der Waals surface area contributed by atoms with Crippen molar-refractivity contribution < 1.29 is 14.3 Å². The number of likely N-dealkylation sites (tertiary alicyclic amines) is 1. The molecule has 0 aromatic heterocycles. The number of halogens is 1. The van der Waals surface area contributed by atoms with E-state index in [1.807, 2.05) is 53.4 Å². The van der Waals surface area contributed by atoms with Crippen molar-refractivity contribution in [2.75, 3.05) is 20.2 Å². The summed E-state index contributed by atoms with van der Waals surface area (Å²) >= 11 is 2.22. The van der Waals surface area contributed by atoms with Crippen LogP contribution in [0.1, 0.15) is 28.8 Å². The molecule has 0 spiro atoms. The van der Waals surface area contributed by atoms with Crippen LogP contribution in [0.2, 0.25) is 0 Å². The maximum atomic E-state index is 12.6. The number of hydrogen-bond donors (Lipinski definition) is 1. The van der Waals surface area contributed by atoms with Gasteiger partial charge in [-0.25, -0.2) is 0 Å². The number of amides is 2. The number of carbonyl (C=O) groups is 2. The molecule has 2 aromatic rings. The third-order valence-corrected chi connectivity index (χ3v) is 5.54. The molecule has 27 heavy (non-hydrogen) atoms. The Bertz CT molecular complexity index is 799. The number of rotatable bonds is 5. The Morgan fingerprint density at radius 3 is 2.44 bits per heavy atom. The third-order valence-electron chi connectivity index (χ3n) is 4.82. The number of piperidine rings is 1. The summed E-state index contributed by atoms with van der Waals surface area (Å²) in [4.78, 5) is 26.8. The molecule has 0 radical (unpaired) electrons. The van der Waals surface area contributed by atoms with Crippen molar-refractivity contribution in [3.05, 3.63) is 63.2 Å². The van der Waals surface area contributed by atoms with E-state index in [1.165, 1.54) is 0 Å². The largest absolute Gasteiger partial charge is 0.496 e. The molecule has 1 heterocycles. The molecule has 6 heteroatoms. The number of para-hydroxylation sites is 1. The van der Waals surface area contributed by atoms with Gasteiger partial charge < -0.3 is 15.0 Å². The van der Waals surface area contributed by atoms with Gasteiger partial charge in [-0.05, 0) is 65.8 Å². The monoisotopic (exact) mass is 478 g/mol. The lowest BCUT2D eigenvalue weighted by molar-refractivity contribution is -0.131. The Morgan fingerprint density at radius 2 is 1.78 bits per heavy atom. The highest BCUT2D eigenvalue weighted by Crippen LogP contribution is 2.20. The van der Waals surface area contributed by atoms with Crippen molar-refractivity contribution in [2.45, 2.75) is 25.3 Å². The van der Waals surface area contributed by atoms with Gasteiger partial charge in [-0.3, -0.25) is 9.59 Å². The zero-order valence-corrected chi connectivity index (χ0v) is 17.4. The van der Waals surface area contributed by atoms with E-state index in [4.69, 9.17) is 4.74 Å². The van der Waals surface area contributed by atoms with Gasteiger partial charge in [0.2, 0.25) is 5.91 Å². The number of ether oxygens (including phenoxy) is 1. The molecule has 2 aromatic carbocycles. The average Bonchev–Trinajstić information content (AvgIpc) is 2.69. The van der Waals surface area contributed by atoms with E-state index in [9.17, 15) is 9.59 Å². The predicted molar refractivity (Wildman–Crippen MR) is 113 cm³/mol. The number of benzene rings is 2. The topological polar surface area (TPSA) is 58.6 Å². The van der Waals surface area contributed by atoms with Crippen LogP contribution in [0.4, 0.5) is 0 Å². The maximum absolute atomic E-state index is 12.6. The van der Waals surface area contributed by atoms with Gasteiger partial charge in [0.15, 0.2) is 0 Å². The number of nitrogens with zero attached hydrogens (tertiary/aromatic N) is 1. The Labute approximate surface area is 173 Å². The second kappa shape index (κ2) is 9.21. The fourth-order valence-electron chi connectivity index (χ4n) is 3.27. The van der Waals surface area contributed by atoms with Gasteiger partial charge in [-0.2, -0.15) is 0 Å². The van der Waals surface area contributed by atoms with Crippen LogP contribution in [-0.4, -0.2) is 43.0 Å². The fraction of sp³-hybridized carbons (Fsp3) is 0.333. The van der Waals surface area contributed by atoms with Crippen LogP contribution < -0.4 is 10.1 Å². The molecule has 1 fully saturated rings. The van der Waals surface area contributed by atoms with E-state index in [0.29, 0.717) is 25.1 Å².